The predicted octanol–water partition coefficient (Wildman–Crippen LogP) is 3.21. The van der Waals surface area contributed by atoms with Crippen molar-refractivity contribution in [2.45, 2.75) is 25.8 Å². The van der Waals surface area contributed by atoms with Crippen molar-refractivity contribution < 1.29 is 4.39 Å². The average molecular weight is 391 g/mol. The fraction of sp³-hybridized carbons (Fsp3) is 0.286. The second-order valence-electron chi connectivity index (χ2n) is 7.40. The molecule has 1 aliphatic rings. The Morgan fingerprint density at radius 2 is 1.83 bits per heavy atom. The van der Waals surface area contributed by atoms with E-state index < -0.39 is 0 Å². The van der Waals surface area contributed by atoms with Gasteiger partial charge in [0, 0.05) is 11.6 Å². The Kier molecular flexibility index (Phi) is 4.28. The summed E-state index contributed by atoms with van der Waals surface area (Å²) in [5.41, 5.74) is 9.92. The number of piperidine rings is 1. The standard InChI is InChI=1S/C21H22FN7/c1-13-25-20(14-2-4-15(22)5-3-14)21(29(13)16-8-10-24-11-9-16)17-6-7-19-26-18(23)12-28(19)27-17/h2-7,12,16,24H,8-11,23H2,1H3. The summed E-state index contributed by atoms with van der Waals surface area (Å²) in [4.78, 5) is 9.14. The number of nitrogens with two attached hydrogens (primary N) is 1. The van der Waals surface area contributed by atoms with Gasteiger partial charge in [0.15, 0.2) is 5.65 Å². The van der Waals surface area contributed by atoms with E-state index >= 15 is 0 Å². The van der Waals surface area contributed by atoms with E-state index in [1.54, 1.807) is 22.8 Å². The Balaban J connectivity index is 1.73. The first-order chi connectivity index (χ1) is 14.1. The van der Waals surface area contributed by atoms with Gasteiger partial charge in [-0.05, 0) is 69.3 Å². The van der Waals surface area contributed by atoms with E-state index in [-0.39, 0.29) is 5.82 Å². The van der Waals surface area contributed by atoms with Gasteiger partial charge in [-0.25, -0.2) is 18.9 Å². The van der Waals surface area contributed by atoms with Gasteiger partial charge in [0.1, 0.15) is 23.2 Å². The van der Waals surface area contributed by atoms with Crippen molar-refractivity contribution in [3.8, 4) is 22.6 Å². The van der Waals surface area contributed by atoms with Gasteiger partial charge in [-0.2, -0.15) is 5.10 Å². The number of nitrogens with one attached hydrogen (secondary N) is 1. The maximum Gasteiger partial charge on any atom is 0.156 e. The number of halogens is 1. The van der Waals surface area contributed by atoms with Crippen molar-refractivity contribution in [2.75, 3.05) is 18.8 Å². The highest BCUT2D eigenvalue weighted by Crippen LogP contribution is 2.36. The average Bonchev–Trinajstić information content (AvgIpc) is 3.27. The fourth-order valence-corrected chi connectivity index (χ4v) is 4.14. The maximum atomic E-state index is 13.5. The highest BCUT2D eigenvalue weighted by molar-refractivity contribution is 5.77. The van der Waals surface area contributed by atoms with E-state index in [2.05, 4.69) is 14.9 Å². The second kappa shape index (κ2) is 6.97. The number of anilines is 1. The molecule has 148 valence electrons. The number of hydrogen-bond donors (Lipinski definition) is 2. The van der Waals surface area contributed by atoms with E-state index in [1.165, 1.54) is 12.1 Å². The summed E-state index contributed by atoms with van der Waals surface area (Å²) in [6, 6.07) is 10.6. The molecule has 1 saturated heterocycles. The normalized spacial score (nSPS) is 15.2. The zero-order valence-electron chi connectivity index (χ0n) is 16.1. The quantitative estimate of drug-likeness (QED) is 0.560. The maximum absolute atomic E-state index is 13.5. The monoisotopic (exact) mass is 391 g/mol. The van der Waals surface area contributed by atoms with Gasteiger partial charge < -0.3 is 15.6 Å². The third-order valence-corrected chi connectivity index (χ3v) is 5.46. The molecule has 0 saturated carbocycles. The van der Waals surface area contributed by atoms with E-state index in [1.807, 2.05) is 19.1 Å². The fourth-order valence-electron chi connectivity index (χ4n) is 4.14. The first-order valence-electron chi connectivity index (χ1n) is 9.78. The summed E-state index contributed by atoms with van der Waals surface area (Å²) < 4.78 is 17.5. The lowest BCUT2D eigenvalue weighted by Gasteiger charge is -2.27. The first kappa shape index (κ1) is 17.8. The number of rotatable bonds is 3. The summed E-state index contributed by atoms with van der Waals surface area (Å²) in [6.45, 7) is 3.96. The molecule has 0 amide bonds. The second-order valence-corrected chi connectivity index (χ2v) is 7.40. The Bertz CT molecular complexity index is 1170. The van der Waals surface area contributed by atoms with Gasteiger partial charge in [-0.3, -0.25) is 0 Å². The molecular weight excluding hydrogens is 369 g/mol. The van der Waals surface area contributed by atoms with E-state index in [4.69, 9.17) is 15.8 Å². The van der Waals surface area contributed by atoms with Crippen molar-refractivity contribution in [2.24, 2.45) is 0 Å². The molecule has 1 aliphatic heterocycles. The van der Waals surface area contributed by atoms with Crippen LogP contribution in [0.5, 0.6) is 0 Å². The molecule has 0 spiro atoms. The van der Waals surface area contributed by atoms with Crippen LogP contribution in [-0.4, -0.2) is 37.2 Å². The number of hydrogen-bond acceptors (Lipinski definition) is 5. The van der Waals surface area contributed by atoms with Crippen LogP contribution in [0.15, 0.2) is 42.6 Å². The number of nitrogens with zero attached hydrogens (tertiary/aromatic N) is 5. The molecule has 3 aromatic heterocycles. The van der Waals surface area contributed by atoms with Crippen LogP contribution in [0.3, 0.4) is 0 Å². The first-order valence-corrected chi connectivity index (χ1v) is 9.78. The zero-order valence-corrected chi connectivity index (χ0v) is 16.1. The molecule has 29 heavy (non-hydrogen) atoms. The largest absolute Gasteiger partial charge is 0.382 e. The third kappa shape index (κ3) is 3.15. The minimum atomic E-state index is -0.266. The highest BCUT2D eigenvalue weighted by atomic mass is 19.1. The van der Waals surface area contributed by atoms with Gasteiger partial charge in [0.05, 0.1) is 17.6 Å². The molecule has 1 aromatic carbocycles. The molecule has 0 atom stereocenters. The summed E-state index contributed by atoms with van der Waals surface area (Å²) in [7, 11) is 0. The number of imidazole rings is 2. The van der Waals surface area contributed by atoms with Crippen molar-refractivity contribution in [1.82, 2.24) is 29.5 Å². The number of aromatic nitrogens is 5. The Morgan fingerprint density at radius 3 is 2.59 bits per heavy atom. The molecule has 5 rings (SSSR count). The van der Waals surface area contributed by atoms with Crippen LogP contribution in [0.1, 0.15) is 24.7 Å². The van der Waals surface area contributed by atoms with Crippen LogP contribution in [-0.2, 0) is 0 Å². The van der Waals surface area contributed by atoms with Crippen LogP contribution < -0.4 is 11.1 Å². The van der Waals surface area contributed by atoms with Gasteiger partial charge in [-0.15, -0.1) is 0 Å². The molecule has 1 fully saturated rings. The molecule has 4 heterocycles. The Morgan fingerprint density at radius 1 is 1.07 bits per heavy atom. The van der Waals surface area contributed by atoms with Crippen molar-refractivity contribution >= 4 is 11.5 Å². The van der Waals surface area contributed by atoms with E-state index in [9.17, 15) is 4.39 Å². The molecule has 3 N–H and O–H groups in total. The molecule has 7 nitrogen and oxygen atoms in total. The van der Waals surface area contributed by atoms with Gasteiger partial charge in [0.25, 0.3) is 0 Å². The summed E-state index contributed by atoms with van der Waals surface area (Å²) in [5, 5.41) is 8.18. The summed E-state index contributed by atoms with van der Waals surface area (Å²) in [5.74, 6) is 1.09. The van der Waals surface area contributed by atoms with Crippen LogP contribution in [0.4, 0.5) is 10.2 Å². The smallest absolute Gasteiger partial charge is 0.156 e. The Hall–Kier alpha value is -3.26. The van der Waals surface area contributed by atoms with Crippen LogP contribution in [0.2, 0.25) is 0 Å². The van der Waals surface area contributed by atoms with Crippen LogP contribution in [0.25, 0.3) is 28.3 Å². The molecule has 0 aliphatic carbocycles. The van der Waals surface area contributed by atoms with Crippen molar-refractivity contribution in [3.05, 3.63) is 54.2 Å². The summed E-state index contributed by atoms with van der Waals surface area (Å²) >= 11 is 0. The minimum absolute atomic E-state index is 0.266. The number of aryl methyl sites for hydroxylation is 1. The van der Waals surface area contributed by atoms with Gasteiger partial charge in [0.2, 0.25) is 0 Å². The van der Waals surface area contributed by atoms with Gasteiger partial charge in [-0.1, -0.05) is 0 Å². The topological polar surface area (TPSA) is 86.1 Å². The molecule has 0 bridgehead atoms. The molecule has 8 heteroatoms. The lowest BCUT2D eigenvalue weighted by molar-refractivity contribution is 0.365. The highest BCUT2D eigenvalue weighted by Gasteiger charge is 2.26. The molecule has 0 unspecified atom stereocenters. The van der Waals surface area contributed by atoms with E-state index in [0.717, 1.165) is 54.4 Å². The van der Waals surface area contributed by atoms with Crippen molar-refractivity contribution in [3.63, 3.8) is 0 Å². The zero-order chi connectivity index (χ0) is 20.0. The van der Waals surface area contributed by atoms with Crippen LogP contribution >= 0.6 is 0 Å². The van der Waals surface area contributed by atoms with E-state index in [0.29, 0.717) is 17.5 Å². The van der Waals surface area contributed by atoms with Crippen LogP contribution in [0, 0.1) is 12.7 Å². The summed E-state index contributed by atoms with van der Waals surface area (Å²) in [6.07, 6.45) is 3.75. The number of nitrogen functional groups attached to an aromatic ring is 1. The predicted molar refractivity (Wildman–Crippen MR) is 110 cm³/mol. The lowest BCUT2D eigenvalue weighted by Crippen LogP contribution is -2.30. The van der Waals surface area contributed by atoms with Crippen molar-refractivity contribution in [1.29, 1.82) is 0 Å². The van der Waals surface area contributed by atoms with Gasteiger partial charge >= 0.3 is 0 Å². The number of fused-ring (bicyclic) bond motifs is 1. The lowest BCUT2D eigenvalue weighted by atomic mass is 10.0. The molecular formula is C21H22FN7. The third-order valence-electron chi connectivity index (χ3n) is 5.46. The molecule has 0 radical (unpaired) electrons. The molecule has 4 aromatic rings. The minimum Gasteiger partial charge on any atom is -0.382 e. The number of benzene rings is 1. The SMILES string of the molecule is Cc1nc(-c2ccc(F)cc2)c(-c2ccc3nc(N)cn3n2)n1C1CCNCC1. The Labute approximate surface area is 167 Å².